The molecule has 0 aliphatic heterocycles. The summed E-state index contributed by atoms with van der Waals surface area (Å²) >= 11 is 0. The molecule has 104 valence electrons. The van der Waals surface area contributed by atoms with E-state index < -0.39 is 5.97 Å². The molecule has 1 fully saturated rings. The number of nitrogens with zero attached hydrogens (tertiary/aromatic N) is 2. The zero-order chi connectivity index (χ0) is 14.0. The lowest BCUT2D eigenvalue weighted by Crippen LogP contribution is -2.36. The summed E-state index contributed by atoms with van der Waals surface area (Å²) in [5.74, 6) is -0.549. The third kappa shape index (κ3) is 2.55. The number of carboxylic acids is 1. The molecular formula is C14H21N3O2. The zero-order valence-electron chi connectivity index (χ0n) is 11.8. The molecule has 0 radical (unpaired) electrons. The van der Waals surface area contributed by atoms with E-state index in [1.165, 1.54) is 19.3 Å². The molecule has 0 aromatic carbocycles. The van der Waals surface area contributed by atoms with Crippen molar-refractivity contribution in [3.05, 3.63) is 16.8 Å². The predicted octanol–water partition coefficient (Wildman–Crippen LogP) is 2.78. The molecule has 1 aromatic rings. The van der Waals surface area contributed by atoms with Crippen LogP contribution < -0.4 is 5.32 Å². The maximum absolute atomic E-state index is 11.4. The van der Waals surface area contributed by atoms with Crippen LogP contribution in [-0.4, -0.2) is 27.8 Å². The Bertz CT molecular complexity index is 490. The first-order chi connectivity index (χ1) is 8.99. The van der Waals surface area contributed by atoms with Crippen LogP contribution in [0.1, 0.15) is 54.2 Å². The normalized spacial score (nSPS) is 16.8. The largest absolute Gasteiger partial charge is 0.478 e. The lowest BCUT2D eigenvalue weighted by Gasteiger charge is -2.41. The number of carbonyl (C=O) groups is 1. The number of hydrogen-bond acceptors (Lipinski definition) is 4. The monoisotopic (exact) mass is 263 g/mol. The van der Waals surface area contributed by atoms with Gasteiger partial charge in [0, 0.05) is 6.54 Å². The molecule has 5 heteroatoms. The fourth-order valence-electron chi connectivity index (χ4n) is 2.60. The molecule has 19 heavy (non-hydrogen) atoms. The molecule has 0 spiro atoms. The second-order valence-corrected chi connectivity index (χ2v) is 5.50. The van der Waals surface area contributed by atoms with Crippen LogP contribution >= 0.6 is 0 Å². The van der Waals surface area contributed by atoms with Gasteiger partial charge in [-0.05, 0) is 44.1 Å². The highest BCUT2D eigenvalue weighted by molar-refractivity contribution is 5.94. The van der Waals surface area contributed by atoms with Gasteiger partial charge in [-0.3, -0.25) is 0 Å². The van der Waals surface area contributed by atoms with Crippen LogP contribution in [0.25, 0.3) is 0 Å². The van der Waals surface area contributed by atoms with E-state index in [2.05, 4.69) is 22.4 Å². The van der Waals surface area contributed by atoms with Gasteiger partial charge in [0.05, 0.1) is 5.69 Å². The Hall–Kier alpha value is -1.65. The Morgan fingerprint density at radius 3 is 2.53 bits per heavy atom. The minimum Gasteiger partial charge on any atom is -0.478 e. The number of carboxylic acid groups (broad SMARTS) is 1. The van der Waals surface area contributed by atoms with Gasteiger partial charge in [0.2, 0.25) is 0 Å². The van der Waals surface area contributed by atoms with Crippen molar-refractivity contribution in [1.29, 1.82) is 0 Å². The second-order valence-electron chi connectivity index (χ2n) is 5.50. The summed E-state index contributed by atoms with van der Waals surface area (Å²) < 4.78 is 0. The lowest BCUT2D eigenvalue weighted by atomic mass is 9.67. The number of hydrogen-bond donors (Lipinski definition) is 2. The van der Waals surface area contributed by atoms with Crippen LogP contribution in [0.15, 0.2) is 0 Å². The summed E-state index contributed by atoms with van der Waals surface area (Å²) in [6, 6.07) is 0. The smallest absolute Gasteiger partial charge is 0.339 e. The zero-order valence-corrected chi connectivity index (χ0v) is 11.8. The van der Waals surface area contributed by atoms with Crippen molar-refractivity contribution in [3.8, 4) is 0 Å². The Labute approximate surface area is 113 Å². The SMILES string of the molecule is CCC1(CNc2nnc(C)c(C)c2C(=O)O)CCC1. The van der Waals surface area contributed by atoms with Crippen molar-refractivity contribution in [2.75, 3.05) is 11.9 Å². The van der Waals surface area contributed by atoms with Gasteiger partial charge in [0.25, 0.3) is 0 Å². The number of nitrogens with one attached hydrogen (secondary N) is 1. The van der Waals surface area contributed by atoms with Crippen LogP contribution in [-0.2, 0) is 0 Å². The quantitative estimate of drug-likeness (QED) is 0.854. The molecule has 5 nitrogen and oxygen atoms in total. The fraction of sp³-hybridized carbons (Fsp3) is 0.643. The van der Waals surface area contributed by atoms with E-state index in [1.807, 2.05) is 0 Å². The summed E-state index contributed by atoms with van der Waals surface area (Å²) in [4.78, 5) is 11.4. The van der Waals surface area contributed by atoms with Gasteiger partial charge in [-0.25, -0.2) is 4.79 Å². The Kier molecular flexibility index (Phi) is 3.73. The second kappa shape index (κ2) is 5.15. The van der Waals surface area contributed by atoms with Gasteiger partial charge in [0.15, 0.2) is 5.82 Å². The van der Waals surface area contributed by atoms with Gasteiger partial charge < -0.3 is 10.4 Å². The highest BCUT2D eigenvalue weighted by Gasteiger charge is 2.35. The van der Waals surface area contributed by atoms with Crippen molar-refractivity contribution >= 4 is 11.8 Å². The first kappa shape index (κ1) is 13.8. The molecular weight excluding hydrogens is 242 g/mol. The van der Waals surface area contributed by atoms with Crippen LogP contribution in [0.4, 0.5) is 5.82 Å². The Morgan fingerprint density at radius 2 is 2.05 bits per heavy atom. The van der Waals surface area contributed by atoms with Crippen LogP contribution in [0, 0.1) is 19.3 Å². The van der Waals surface area contributed by atoms with E-state index in [0.29, 0.717) is 22.5 Å². The van der Waals surface area contributed by atoms with Crippen molar-refractivity contribution in [3.63, 3.8) is 0 Å². The van der Waals surface area contributed by atoms with Gasteiger partial charge in [0.1, 0.15) is 5.56 Å². The van der Waals surface area contributed by atoms with E-state index in [0.717, 1.165) is 13.0 Å². The fourth-order valence-corrected chi connectivity index (χ4v) is 2.60. The average Bonchev–Trinajstić information content (AvgIpc) is 2.32. The minimum atomic E-state index is -0.947. The third-order valence-electron chi connectivity index (χ3n) is 4.46. The Balaban J connectivity index is 2.20. The highest BCUT2D eigenvalue weighted by atomic mass is 16.4. The summed E-state index contributed by atoms with van der Waals surface area (Å²) in [6.45, 7) is 6.52. The van der Waals surface area contributed by atoms with Crippen molar-refractivity contribution in [2.24, 2.45) is 5.41 Å². The van der Waals surface area contributed by atoms with Crippen LogP contribution in [0.3, 0.4) is 0 Å². The lowest BCUT2D eigenvalue weighted by molar-refractivity contribution is 0.0696. The van der Waals surface area contributed by atoms with Crippen molar-refractivity contribution in [2.45, 2.75) is 46.5 Å². The summed E-state index contributed by atoms with van der Waals surface area (Å²) in [5, 5.41) is 20.6. The number of anilines is 1. The van der Waals surface area contributed by atoms with Crippen molar-refractivity contribution in [1.82, 2.24) is 10.2 Å². The highest BCUT2D eigenvalue weighted by Crippen LogP contribution is 2.43. The topological polar surface area (TPSA) is 75.1 Å². The number of rotatable bonds is 5. The number of aromatic nitrogens is 2. The molecule has 1 aromatic heterocycles. The summed E-state index contributed by atoms with van der Waals surface area (Å²) in [6.07, 6.45) is 4.79. The van der Waals surface area contributed by atoms with Gasteiger partial charge in [-0.15, -0.1) is 5.10 Å². The number of aromatic carboxylic acids is 1. The van der Waals surface area contributed by atoms with Gasteiger partial charge in [-0.1, -0.05) is 13.3 Å². The maximum Gasteiger partial charge on any atom is 0.339 e. The predicted molar refractivity (Wildman–Crippen MR) is 73.5 cm³/mol. The van der Waals surface area contributed by atoms with Crippen LogP contribution in [0.5, 0.6) is 0 Å². The molecule has 0 atom stereocenters. The number of aryl methyl sites for hydroxylation is 1. The third-order valence-corrected chi connectivity index (χ3v) is 4.46. The summed E-state index contributed by atoms with van der Waals surface area (Å²) in [5.41, 5.74) is 1.91. The molecule has 0 unspecified atom stereocenters. The van der Waals surface area contributed by atoms with Gasteiger partial charge in [-0.2, -0.15) is 5.10 Å². The van der Waals surface area contributed by atoms with E-state index in [-0.39, 0.29) is 5.56 Å². The van der Waals surface area contributed by atoms with E-state index >= 15 is 0 Å². The first-order valence-electron chi connectivity index (χ1n) is 6.80. The molecule has 2 N–H and O–H groups in total. The molecule has 0 amide bonds. The molecule has 1 aliphatic rings. The minimum absolute atomic E-state index is 0.248. The van der Waals surface area contributed by atoms with E-state index in [4.69, 9.17) is 0 Å². The molecule has 0 saturated heterocycles. The molecule has 0 bridgehead atoms. The van der Waals surface area contributed by atoms with Crippen molar-refractivity contribution < 1.29 is 9.90 Å². The Morgan fingerprint density at radius 1 is 1.37 bits per heavy atom. The molecule has 1 heterocycles. The first-order valence-corrected chi connectivity index (χ1v) is 6.80. The van der Waals surface area contributed by atoms with E-state index in [1.54, 1.807) is 13.8 Å². The van der Waals surface area contributed by atoms with Crippen LogP contribution in [0.2, 0.25) is 0 Å². The summed E-state index contributed by atoms with van der Waals surface area (Å²) in [7, 11) is 0. The maximum atomic E-state index is 11.4. The molecule has 2 rings (SSSR count). The standard InChI is InChI=1S/C14H21N3O2/c1-4-14(6-5-7-14)8-15-12-11(13(18)19)9(2)10(3)16-17-12/h4-8H2,1-3H3,(H,15,17)(H,18,19). The molecule has 1 saturated carbocycles. The van der Waals surface area contributed by atoms with Gasteiger partial charge >= 0.3 is 5.97 Å². The molecule has 1 aliphatic carbocycles. The van der Waals surface area contributed by atoms with E-state index in [9.17, 15) is 9.90 Å². The average molecular weight is 263 g/mol.